The lowest BCUT2D eigenvalue weighted by Gasteiger charge is -2.01. The quantitative estimate of drug-likeness (QED) is 0.731. The molecule has 0 aliphatic rings. The number of rotatable bonds is 4. The van der Waals surface area contributed by atoms with Crippen LogP contribution in [0.4, 0.5) is 0 Å². The first-order valence-electron chi connectivity index (χ1n) is 4.81. The smallest absolute Gasteiger partial charge is 0.248 e. The Hall–Kier alpha value is -1.67. The summed E-state index contributed by atoms with van der Waals surface area (Å²) in [5, 5.41) is 23.1. The minimum absolute atomic E-state index is 0.199. The molecule has 1 N–H and O–H groups in total. The highest BCUT2D eigenvalue weighted by Crippen LogP contribution is 2.13. The molecule has 0 saturated carbocycles. The normalized spacial score (nSPS) is 12.1. The van der Waals surface area contributed by atoms with Gasteiger partial charge in [0.2, 0.25) is 11.0 Å². The summed E-state index contributed by atoms with van der Waals surface area (Å²) < 4.78 is 27.3. The van der Waals surface area contributed by atoms with Crippen molar-refractivity contribution in [3.63, 3.8) is 0 Å². The van der Waals surface area contributed by atoms with Crippen LogP contribution in [0.25, 0.3) is 11.0 Å². The molecule has 7 nitrogen and oxygen atoms in total. The molecule has 0 radical (unpaired) electrons. The average Bonchev–Trinajstić information content (AvgIpc) is 2.59. The first-order chi connectivity index (χ1) is 8.02. The van der Waals surface area contributed by atoms with E-state index in [9.17, 15) is 13.6 Å². The summed E-state index contributed by atoms with van der Waals surface area (Å²) in [7, 11) is -3.34. The molecular formula is C9H10N2O5S. The van der Waals surface area contributed by atoms with E-state index in [1.165, 1.54) is 18.2 Å². The van der Waals surface area contributed by atoms with Gasteiger partial charge in [-0.3, -0.25) is 4.63 Å². The Morgan fingerprint density at radius 2 is 2.24 bits per heavy atom. The average molecular weight is 258 g/mol. The van der Waals surface area contributed by atoms with Gasteiger partial charge in [-0.1, -0.05) is 6.07 Å². The highest BCUT2D eigenvalue weighted by atomic mass is 32.2. The first kappa shape index (κ1) is 11.8. The summed E-state index contributed by atoms with van der Waals surface area (Å²) in [5.74, 6) is -0.485. The van der Waals surface area contributed by atoms with Crippen LogP contribution in [0.1, 0.15) is 5.56 Å². The van der Waals surface area contributed by atoms with Crippen molar-refractivity contribution in [2.24, 2.45) is 0 Å². The molecule has 17 heavy (non-hydrogen) atoms. The monoisotopic (exact) mass is 258 g/mol. The molecule has 0 fully saturated rings. The maximum absolute atomic E-state index is 11.5. The lowest BCUT2D eigenvalue weighted by molar-refractivity contribution is -0.782. The van der Waals surface area contributed by atoms with E-state index in [4.69, 9.17) is 5.11 Å². The van der Waals surface area contributed by atoms with Crippen molar-refractivity contribution in [2.45, 2.75) is 5.75 Å². The lowest BCUT2D eigenvalue weighted by Crippen LogP contribution is -2.22. The summed E-state index contributed by atoms with van der Waals surface area (Å²) in [6, 6.07) is 4.44. The number of nitrogens with zero attached hydrogens (tertiary/aromatic N) is 2. The van der Waals surface area contributed by atoms with Crippen molar-refractivity contribution < 1.29 is 23.1 Å². The molecule has 0 aliphatic carbocycles. The molecule has 0 bridgehead atoms. The van der Waals surface area contributed by atoms with Gasteiger partial charge in [0.05, 0.1) is 18.1 Å². The third kappa shape index (κ3) is 2.53. The van der Waals surface area contributed by atoms with E-state index < -0.39 is 16.4 Å². The molecule has 0 atom stereocenters. The summed E-state index contributed by atoms with van der Waals surface area (Å²) in [6.45, 7) is -0.408. The SMILES string of the molecule is O=S(=O)(CCO)Cc1ccc2c(c1)no[n+]2[O-]. The van der Waals surface area contributed by atoms with Crippen LogP contribution in [0.3, 0.4) is 0 Å². The number of aromatic nitrogens is 2. The fourth-order valence-electron chi connectivity index (χ4n) is 1.48. The second-order valence-electron chi connectivity index (χ2n) is 3.57. The topological polar surface area (TPSA) is 107 Å². The Labute approximate surface area is 96.7 Å². The van der Waals surface area contributed by atoms with E-state index in [-0.39, 0.29) is 21.9 Å². The number of aliphatic hydroxyl groups is 1. The minimum atomic E-state index is -3.34. The molecule has 0 amide bonds. The zero-order valence-electron chi connectivity index (χ0n) is 8.74. The highest BCUT2D eigenvalue weighted by molar-refractivity contribution is 7.90. The molecule has 92 valence electrons. The van der Waals surface area contributed by atoms with Crippen molar-refractivity contribution in [2.75, 3.05) is 12.4 Å². The zero-order chi connectivity index (χ0) is 12.5. The van der Waals surface area contributed by atoms with Gasteiger partial charge in [-0.15, -0.1) is 0 Å². The van der Waals surface area contributed by atoms with Gasteiger partial charge >= 0.3 is 0 Å². The Morgan fingerprint density at radius 3 is 2.94 bits per heavy atom. The third-order valence-corrected chi connectivity index (χ3v) is 3.82. The summed E-state index contributed by atoms with van der Waals surface area (Å²) in [5.41, 5.74) is 1.05. The van der Waals surface area contributed by atoms with E-state index in [2.05, 4.69) is 9.79 Å². The van der Waals surface area contributed by atoms with Crippen molar-refractivity contribution >= 4 is 20.9 Å². The largest absolute Gasteiger partial charge is 0.395 e. The van der Waals surface area contributed by atoms with Crippen molar-refractivity contribution in [1.29, 1.82) is 0 Å². The summed E-state index contributed by atoms with van der Waals surface area (Å²) in [6.07, 6.45) is 0. The second kappa shape index (κ2) is 4.30. The Balaban J connectivity index is 2.31. The zero-order valence-corrected chi connectivity index (χ0v) is 9.55. The van der Waals surface area contributed by atoms with Crippen molar-refractivity contribution in [3.05, 3.63) is 29.0 Å². The van der Waals surface area contributed by atoms with Crippen molar-refractivity contribution in [1.82, 2.24) is 5.16 Å². The molecule has 0 aliphatic heterocycles. The number of benzene rings is 1. The van der Waals surface area contributed by atoms with E-state index in [1.54, 1.807) is 0 Å². The Bertz CT molecular complexity index is 634. The first-order valence-corrected chi connectivity index (χ1v) is 6.63. The fraction of sp³-hybridized carbons (Fsp3) is 0.333. The number of aliphatic hydroxyl groups excluding tert-OH is 1. The van der Waals surface area contributed by atoms with E-state index in [0.29, 0.717) is 11.1 Å². The fourth-order valence-corrected chi connectivity index (χ4v) is 2.59. The van der Waals surface area contributed by atoms with Gasteiger partial charge in [0.25, 0.3) is 0 Å². The summed E-state index contributed by atoms with van der Waals surface area (Å²) in [4.78, 5) is 0.251. The van der Waals surface area contributed by atoms with Gasteiger partial charge in [-0.05, 0) is 16.5 Å². The number of hydrogen-bond acceptors (Lipinski definition) is 6. The van der Waals surface area contributed by atoms with Crippen LogP contribution < -0.4 is 4.90 Å². The van der Waals surface area contributed by atoms with E-state index in [0.717, 1.165) is 0 Å². The van der Waals surface area contributed by atoms with Crippen LogP contribution in [0.2, 0.25) is 0 Å². The van der Waals surface area contributed by atoms with Crippen LogP contribution in [-0.4, -0.2) is 31.0 Å². The lowest BCUT2D eigenvalue weighted by atomic mass is 10.2. The number of fused-ring (bicyclic) bond motifs is 1. The third-order valence-electron chi connectivity index (χ3n) is 2.24. The molecule has 8 heteroatoms. The van der Waals surface area contributed by atoms with Crippen LogP contribution in [0.5, 0.6) is 0 Å². The van der Waals surface area contributed by atoms with Gasteiger partial charge in [-0.25, -0.2) is 8.42 Å². The van der Waals surface area contributed by atoms with Gasteiger partial charge in [0.15, 0.2) is 9.84 Å². The van der Waals surface area contributed by atoms with E-state index in [1.807, 2.05) is 0 Å². The Kier molecular flexibility index (Phi) is 2.99. The molecule has 2 aromatic rings. The maximum Gasteiger partial charge on any atom is 0.248 e. The van der Waals surface area contributed by atoms with Crippen LogP contribution in [0, 0.1) is 5.21 Å². The van der Waals surface area contributed by atoms with Gasteiger partial charge < -0.3 is 10.3 Å². The van der Waals surface area contributed by atoms with Crippen molar-refractivity contribution in [3.8, 4) is 0 Å². The van der Waals surface area contributed by atoms with Gasteiger partial charge in [0.1, 0.15) is 0 Å². The minimum Gasteiger partial charge on any atom is -0.395 e. The molecule has 0 saturated heterocycles. The predicted molar refractivity (Wildman–Crippen MR) is 57.5 cm³/mol. The van der Waals surface area contributed by atoms with Gasteiger partial charge in [-0.2, -0.15) is 0 Å². The maximum atomic E-state index is 11.5. The molecular weight excluding hydrogens is 248 g/mol. The standard InChI is InChI=1S/C9H10N2O5S/c12-3-4-17(14,15)6-7-1-2-9-8(5-7)10-16-11(9)13/h1-2,5,12H,3-4,6H2. The second-order valence-corrected chi connectivity index (χ2v) is 5.75. The Morgan fingerprint density at radius 1 is 1.47 bits per heavy atom. The molecule has 1 aromatic heterocycles. The molecule has 1 aromatic carbocycles. The molecule has 2 rings (SSSR count). The van der Waals surface area contributed by atoms with Gasteiger partial charge in [0, 0.05) is 11.2 Å². The molecule has 0 spiro atoms. The van der Waals surface area contributed by atoms with E-state index >= 15 is 0 Å². The molecule has 0 unspecified atom stereocenters. The number of sulfone groups is 1. The summed E-state index contributed by atoms with van der Waals surface area (Å²) >= 11 is 0. The predicted octanol–water partition coefficient (Wildman–Crippen LogP) is -0.632. The van der Waals surface area contributed by atoms with Crippen LogP contribution in [0.15, 0.2) is 22.8 Å². The van der Waals surface area contributed by atoms with Crippen LogP contribution >= 0.6 is 0 Å². The number of hydrogen-bond donors (Lipinski definition) is 1. The van der Waals surface area contributed by atoms with Crippen LogP contribution in [-0.2, 0) is 15.6 Å². The molecule has 1 heterocycles. The highest BCUT2D eigenvalue weighted by Gasteiger charge is 2.14.